The molecular formula is C29H20N3Na4O17S5+. The first-order valence-corrected chi connectivity index (χ1v) is 21.5. The molecule has 0 spiro atoms. The van der Waals surface area contributed by atoms with Crippen LogP contribution in [0.25, 0.3) is 21.5 Å². The number of nitrogens with zero attached hydrogens (tertiary/aromatic N) is 2. The molecule has 0 fully saturated rings. The molecule has 29 heteroatoms. The fraction of sp³-hybridized carbons (Fsp3) is 0.0690. The van der Waals surface area contributed by atoms with Gasteiger partial charge in [-0.05, 0) is 53.9 Å². The van der Waals surface area contributed by atoms with E-state index in [9.17, 15) is 65.6 Å². The number of hydrogen-bond acceptors (Lipinski definition) is 18. The molecule has 286 valence electrons. The van der Waals surface area contributed by atoms with Crippen molar-refractivity contribution in [1.82, 2.24) is 0 Å². The third kappa shape index (κ3) is 13.0. The van der Waals surface area contributed by atoms with Crippen molar-refractivity contribution in [3.05, 3.63) is 84.4 Å². The maximum absolute atomic E-state index is 13.0. The van der Waals surface area contributed by atoms with Crippen molar-refractivity contribution >= 4 is 95.1 Å². The van der Waals surface area contributed by atoms with Gasteiger partial charge in [-0.2, -0.15) is 8.42 Å². The zero-order valence-corrected chi connectivity index (χ0v) is 42.5. The van der Waals surface area contributed by atoms with Gasteiger partial charge in [-0.1, -0.05) is 30.3 Å². The number of aromatic hydroxyl groups is 1. The van der Waals surface area contributed by atoms with E-state index in [1.54, 1.807) is 6.07 Å². The van der Waals surface area contributed by atoms with Crippen LogP contribution in [0.2, 0.25) is 0 Å². The van der Waals surface area contributed by atoms with Crippen LogP contribution in [0.4, 0.5) is 17.1 Å². The summed E-state index contributed by atoms with van der Waals surface area (Å²) in [5, 5.41) is 18.6. The van der Waals surface area contributed by atoms with Crippen LogP contribution in [0.5, 0.6) is 5.75 Å². The Labute approximate surface area is 419 Å². The summed E-state index contributed by atoms with van der Waals surface area (Å²) in [4.78, 5) is 8.71. The molecule has 0 heterocycles. The number of sulfone groups is 1. The minimum Gasteiger partial charge on any atom is -0.744 e. The Morgan fingerprint density at radius 2 is 1.29 bits per heavy atom. The number of nitrogens with one attached hydrogen (secondary N) is 1. The molecule has 0 saturated heterocycles. The first-order chi connectivity index (χ1) is 24.9. The minimum absolute atomic E-state index is 0. The number of phenolic OH excluding ortho intramolecular Hbond substituents is 1. The van der Waals surface area contributed by atoms with Gasteiger partial charge in [-0.25, -0.2) is 37.9 Å². The fourth-order valence-electron chi connectivity index (χ4n) is 5.10. The zero-order chi connectivity index (χ0) is 40.0. The number of rotatable bonds is 12. The second-order valence-electron chi connectivity index (χ2n) is 10.9. The van der Waals surface area contributed by atoms with Gasteiger partial charge in [0.15, 0.2) is 15.6 Å². The number of amides is 1. The van der Waals surface area contributed by atoms with Gasteiger partial charge in [0.25, 0.3) is 5.91 Å². The van der Waals surface area contributed by atoms with E-state index in [1.165, 1.54) is 24.3 Å². The predicted molar refractivity (Wildman–Crippen MR) is 182 cm³/mol. The van der Waals surface area contributed by atoms with Gasteiger partial charge in [0, 0.05) is 16.3 Å². The molecule has 0 atom stereocenters. The Kier molecular flexibility index (Phi) is 19.9. The number of carbonyl (C=O) groups excluding carboxylic acids is 1. The smallest absolute Gasteiger partial charge is 0.744 e. The summed E-state index contributed by atoms with van der Waals surface area (Å²) < 4.78 is 170. The monoisotopic (exact) mass is 934 g/mol. The summed E-state index contributed by atoms with van der Waals surface area (Å²) in [6, 6.07) is 13.7. The summed E-state index contributed by atoms with van der Waals surface area (Å²) in [5.74, 6) is -3.13. The van der Waals surface area contributed by atoms with Crippen LogP contribution in [0.3, 0.4) is 0 Å². The number of azo groups is 1. The summed E-state index contributed by atoms with van der Waals surface area (Å²) in [5.41, 5.74) is -2.44. The van der Waals surface area contributed by atoms with Gasteiger partial charge in [-0.15, -0.1) is 10.2 Å². The number of phenols is 1. The van der Waals surface area contributed by atoms with E-state index in [-0.39, 0.29) is 129 Å². The third-order valence-electron chi connectivity index (χ3n) is 7.37. The molecule has 0 saturated carbocycles. The molecule has 0 radical (unpaired) electrons. The molecule has 1 amide bonds. The van der Waals surface area contributed by atoms with E-state index in [0.29, 0.717) is 12.1 Å². The van der Waals surface area contributed by atoms with Gasteiger partial charge in [0.05, 0.1) is 43.0 Å². The molecular weight excluding hydrogens is 915 g/mol. The van der Waals surface area contributed by atoms with Crippen molar-refractivity contribution in [2.24, 2.45) is 10.2 Å². The molecule has 20 nitrogen and oxygen atoms in total. The van der Waals surface area contributed by atoms with E-state index in [1.807, 2.05) is 0 Å². The zero-order valence-electron chi connectivity index (χ0n) is 30.4. The first kappa shape index (κ1) is 55.1. The van der Waals surface area contributed by atoms with E-state index in [4.69, 9.17) is 4.55 Å². The van der Waals surface area contributed by atoms with Crippen LogP contribution < -0.4 is 124 Å². The van der Waals surface area contributed by atoms with Crippen LogP contribution in [0.1, 0.15) is 10.4 Å². The van der Waals surface area contributed by atoms with Crippen LogP contribution in [-0.4, -0.2) is 83.7 Å². The van der Waals surface area contributed by atoms with E-state index < -0.39 is 127 Å². The van der Waals surface area contributed by atoms with Gasteiger partial charge < -0.3 is 24.1 Å². The summed E-state index contributed by atoms with van der Waals surface area (Å²) >= 11 is 0. The Bertz CT molecular complexity index is 2990. The molecule has 3 N–H and O–H groups in total. The van der Waals surface area contributed by atoms with Crippen molar-refractivity contribution in [3.8, 4) is 5.75 Å². The molecule has 0 bridgehead atoms. The molecule has 5 aromatic rings. The minimum atomic E-state index is -5.74. The van der Waals surface area contributed by atoms with Crippen molar-refractivity contribution < 1.29 is 193 Å². The maximum atomic E-state index is 13.0. The number of carbonyl (C=O) groups is 1. The molecule has 0 unspecified atom stereocenters. The number of anilines is 1. The number of fused-ring (bicyclic) bond motifs is 2. The second-order valence-corrected chi connectivity index (χ2v) is 18.1. The molecule has 0 aliphatic carbocycles. The Morgan fingerprint density at radius 3 is 1.84 bits per heavy atom. The Hall–Kier alpha value is -0.960. The van der Waals surface area contributed by atoms with Crippen LogP contribution in [-0.2, 0) is 54.8 Å². The summed E-state index contributed by atoms with van der Waals surface area (Å²) in [7, 11) is -26.0. The Balaban J connectivity index is 0.00000420. The van der Waals surface area contributed by atoms with Crippen molar-refractivity contribution in [2.45, 2.75) is 19.6 Å². The topological polar surface area (TPSA) is 343 Å². The summed E-state index contributed by atoms with van der Waals surface area (Å²) in [6.45, 7) is -0.990. The summed E-state index contributed by atoms with van der Waals surface area (Å²) in [6.07, 6.45) is 0. The molecule has 0 aliphatic rings. The second kappa shape index (κ2) is 20.9. The van der Waals surface area contributed by atoms with Gasteiger partial charge in [-0.3, -0.25) is 9.35 Å². The Morgan fingerprint density at radius 1 is 0.690 bits per heavy atom. The van der Waals surface area contributed by atoms with E-state index >= 15 is 0 Å². The van der Waals surface area contributed by atoms with Crippen LogP contribution >= 0.6 is 0 Å². The normalized spacial score (nSPS) is 12.2. The number of hydrogen-bond donors (Lipinski definition) is 3. The largest absolute Gasteiger partial charge is 1.00 e. The average Bonchev–Trinajstić information content (AvgIpc) is 3.05. The van der Waals surface area contributed by atoms with Gasteiger partial charge in [0.2, 0.25) is 0 Å². The van der Waals surface area contributed by atoms with Gasteiger partial charge >= 0.3 is 129 Å². The molecule has 5 rings (SSSR count). The van der Waals surface area contributed by atoms with Crippen LogP contribution in [0.15, 0.2) is 109 Å². The fourth-order valence-corrected chi connectivity index (χ4v) is 8.74. The molecule has 5 aromatic carbocycles. The number of benzene rings is 5. The maximum Gasteiger partial charge on any atom is 1.00 e. The predicted octanol–water partition coefficient (Wildman–Crippen LogP) is -9.31. The van der Waals surface area contributed by atoms with Crippen molar-refractivity contribution in [1.29, 1.82) is 0 Å². The van der Waals surface area contributed by atoms with E-state index in [2.05, 4.69) is 19.7 Å². The quantitative estimate of drug-likeness (QED) is 0.0594. The molecule has 0 aliphatic heterocycles. The van der Waals surface area contributed by atoms with E-state index in [0.717, 1.165) is 36.4 Å². The standard InChI is InChI=1S/C29H23N3O17S5.4Na/c33-27-25-20(23(51(37,38)39)11-10-21(25)30-29(34)16-4-2-1-3-5-16)15-24(52(40,41)42)26(27)32-31-22-9-6-17-14-18(7-8-19(17)28(22)53(43,44)45)50(35,36)13-12-49-54(46,47)48;;;;/h1-11,14-15,33H,12-13H2,(H,30,34)(H,37,38,39)(H,40,41,42)(H,43,44,45)(H,46,47,48);;;;/q;4*+1/p-3. The average molecular weight is 935 g/mol. The SMILES string of the molecule is O=C(Nc1ccc(S(=O)(=O)[O-])c2cc(S(=O)(=O)[O-])c(N=Nc3ccc4cc(S(=O)(=O)CCOS(=O)(=O)O)ccc4c3S(=O)(=O)[O-])c(O)c12)c1ccccc1.[Na+].[Na+].[Na+].[Na+]. The van der Waals surface area contributed by atoms with Crippen molar-refractivity contribution in [3.63, 3.8) is 0 Å². The third-order valence-corrected chi connectivity index (χ3v) is 12.2. The van der Waals surface area contributed by atoms with Crippen molar-refractivity contribution in [2.75, 3.05) is 17.7 Å². The van der Waals surface area contributed by atoms with Crippen LogP contribution in [0, 0.1) is 0 Å². The van der Waals surface area contributed by atoms with Gasteiger partial charge in [0.1, 0.15) is 41.7 Å². The molecule has 0 aromatic heterocycles. The first-order valence-electron chi connectivity index (χ1n) is 14.3. The molecule has 58 heavy (non-hydrogen) atoms.